The molecule has 0 saturated heterocycles. The van der Waals surface area contributed by atoms with Gasteiger partial charge in [0.1, 0.15) is 17.2 Å². The Morgan fingerprint density at radius 3 is 2.55 bits per heavy atom. The minimum Gasteiger partial charge on any atom is -0.455 e. The second-order valence-corrected chi connectivity index (χ2v) is 10.2. The van der Waals surface area contributed by atoms with Gasteiger partial charge in [-0.3, -0.25) is 13.7 Å². The van der Waals surface area contributed by atoms with Crippen molar-refractivity contribution in [1.29, 1.82) is 0 Å². The molecule has 1 amide bonds. The topological polar surface area (TPSA) is 129 Å². The van der Waals surface area contributed by atoms with Crippen LogP contribution in [0, 0.1) is 5.82 Å². The number of nitrogens with zero attached hydrogens (tertiary/aromatic N) is 1. The Labute approximate surface area is 221 Å². The second kappa shape index (κ2) is 10.6. The maximum Gasteiger partial charge on any atom is 0.262 e. The van der Waals surface area contributed by atoms with E-state index in [0.29, 0.717) is 45.7 Å². The Bertz CT molecular complexity index is 1530. The van der Waals surface area contributed by atoms with E-state index in [0.717, 1.165) is 29.5 Å². The van der Waals surface area contributed by atoms with E-state index in [2.05, 4.69) is 5.32 Å². The molecular formula is C28H28FN3O5S. The number of nitrogens with one attached hydrogen (secondary N) is 1. The molecule has 0 radical (unpaired) electrons. The Hall–Kier alpha value is -3.73. The smallest absolute Gasteiger partial charge is 0.262 e. The summed E-state index contributed by atoms with van der Waals surface area (Å²) in [5.74, 6) is -0.283. The van der Waals surface area contributed by atoms with Crippen molar-refractivity contribution in [3.63, 3.8) is 0 Å². The van der Waals surface area contributed by atoms with E-state index in [1.807, 2.05) is 12.1 Å². The summed E-state index contributed by atoms with van der Waals surface area (Å²) in [7, 11) is 1.53. The third kappa shape index (κ3) is 5.02. The molecule has 0 aliphatic heterocycles. The van der Waals surface area contributed by atoms with Crippen LogP contribution in [0.1, 0.15) is 45.8 Å². The number of aliphatic hydroxyl groups excluding tert-OH is 1. The van der Waals surface area contributed by atoms with Crippen LogP contribution in [0.4, 0.5) is 15.8 Å². The van der Waals surface area contributed by atoms with Gasteiger partial charge in [-0.1, -0.05) is 12.1 Å². The number of furan rings is 1. The van der Waals surface area contributed by atoms with Gasteiger partial charge in [0.2, 0.25) is 0 Å². The maximum atomic E-state index is 13.6. The third-order valence-electron chi connectivity index (χ3n) is 6.79. The van der Waals surface area contributed by atoms with Gasteiger partial charge >= 0.3 is 0 Å². The van der Waals surface area contributed by atoms with E-state index in [1.54, 1.807) is 30.3 Å². The molecule has 1 aliphatic rings. The lowest BCUT2D eigenvalue weighted by Crippen LogP contribution is -2.26. The Morgan fingerprint density at radius 2 is 1.92 bits per heavy atom. The van der Waals surface area contributed by atoms with Gasteiger partial charge in [0.25, 0.3) is 17.2 Å². The number of aliphatic hydroxyl groups is 1. The highest BCUT2D eigenvalue weighted by Gasteiger charge is 2.32. The molecule has 4 aromatic rings. The predicted molar refractivity (Wildman–Crippen MR) is 146 cm³/mol. The fourth-order valence-corrected chi connectivity index (χ4v) is 5.31. The minimum absolute atomic E-state index is 0.0612. The molecule has 1 unspecified atom stereocenters. The summed E-state index contributed by atoms with van der Waals surface area (Å²) in [4.78, 5) is 13.0. The van der Waals surface area contributed by atoms with Crippen LogP contribution in [-0.2, 0) is 24.2 Å². The van der Waals surface area contributed by atoms with Crippen LogP contribution in [0.2, 0.25) is 0 Å². The molecule has 1 saturated carbocycles. The number of hydrogen-bond donors (Lipinski definition) is 4. The molecule has 38 heavy (non-hydrogen) atoms. The average Bonchev–Trinajstić information content (AvgIpc) is 3.68. The number of nitrogen functional groups attached to an aromatic ring is 1. The molecule has 8 nitrogen and oxygen atoms in total. The van der Waals surface area contributed by atoms with E-state index in [4.69, 9.17) is 10.2 Å². The van der Waals surface area contributed by atoms with Crippen molar-refractivity contribution in [3.8, 4) is 11.3 Å². The Balaban J connectivity index is 1.65. The summed E-state index contributed by atoms with van der Waals surface area (Å²) < 4.78 is 44.1. The first-order valence-electron chi connectivity index (χ1n) is 12.3. The standard InChI is InChI=1S/C28H28FN3O5S/c1-31-28(34)26-22-13-21(17-3-4-17)24(14-25(22)37-27(26)18-5-7-20(29)8-6-18)32(38(35)36)15-16-2-9-23(30)19(12-16)10-11-33/h2,5-9,12-14,17,33H,3-4,10-11,15,30H2,1H3,(H,31,34)(H,35,36). The molecule has 1 atom stereocenters. The zero-order valence-corrected chi connectivity index (χ0v) is 21.6. The number of nitrogens with two attached hydrogens (primary N) is 1. The average molecular weight is 538 g/mol. The van der Waals surface area contributed by atoms with Crippen molar-refractivity contribution < 1.29 is 27.5 Å². The van der Waals surface area contributed by atoms with Gasteiger partial charge in [-0.05, 0) is 78.3 Å². The van der Waals surface area contributed by atoms with Gasteiger partial charge in [-0.2, -0.15) is 0 Å². The largest absolute Gasteiger partial charge is 0.455 e. The first-order valence-corrected chi connectivity index (χ1v) is 13.3. The highest BCUT2D eigenvalue weighted by atomic mass is 32.2. The molecule has 1 fully saturated rings. The van der Waals surface area contributed by atoms with E-state index < -0.39 is 17.1 Å². The van der Waals surface area contributed by atoms with Crippen LogP contribution in [-0.4, -0.2) is 33.4 Å². The number of rotatable bonds is 9. The second-order valence-electron chi connectivity index (χ2n) is 9.35. The fraction of sp³-hybridized carbons (Fsp3) is 0.250. The number of fused-ring (bicyclic) bond motifs is 1. The van der Waals surface area contributed by atoms with Crippen LogP contribution < -0.4 is 15.4 Å². The molecule has 1 aromatic heterocycles. The van der Waals surface area contributed by atoms with Crippen LogP contribution in [0.25, 0.3) is 22.3 Å². The lowest BCUT2D eigenvalue weighted by molar-refractivity contribution is 0.0964. The molecule has 3 aromatic carbocycles. The van der Waals surface area contributed by atoms with Crippen molar-refractivity contribution in [3.05, 3.63) is 82.7 Å². The third-order valence-corrected chi connectivity index (χ3v) is 7.49. The molecule has 0 spiro atoms. The van der Waals surface area contributed by atoms with Crippen LogP contribution in [0.3, 0.4) is 0 Å². The van der Waals surface area contributed by atoms with Gasteiger partial charge in [0.05, 0.1) is 17.8 Å². The number of benzene rings is 3. The first kappa shape index (κ1) is 25.9. The fourth-order valence-electron chi connectivity index (χ4n) is 4.73. The summed E-state index contributed by atoms with van der Waals surface area (Å²) in [6, 6.07) is 14.6. The summed E-state index contributed by atoms with van der Waals surface area (Å²) in [5, 5.41) is 12.6. The quantitative estimate of drug-likeness (QED) is 0.180. The lowest BCUT2D eigenvalue weighted by atomic mass is 10.00. The lowest BCUT2D eigenvalue weighted by Gasteiger charge is -2.23. The van der Waals surface area contributed by atoms with E-state index in [9.17, 15) is 23.1 Å². The molecule has 5 rings (SSSR count). The number of carbonyl (C=O) groups excluding carboxylic acids is 1. The van der Waals surface area contributed by atoms with E-state index in [1.165, 1.54) is 23.5 Å². The maximum absolute atomic E-state index is 13.6. The van der Waals surface area contributed by atoms with Crippen molar-refractivity contribution in [1.82, 2.24) is 5.32 Å². The normalized spacial score (nSPS) is 14.0. The van der Waals surface area contributed by atoms with Gasteiger partial charge < -0.3 is 20.6 Å². The predicted octanol–water partition coefficient (Wildman–Crippen LogP) is 4.74. The number of anilines is 2. The van der Waals surface area contributed by atoms with Gasteiger partial charge in [-0.25, -0.2) is 8.60 Å². The number of carbonyl (C=O) groups is 1. The van der Waals surface area contributed by atoms with Crippen molar-refractivity contribution >= 4 is 39.5 Å². The van der Waals surface area contributed by atoms with Crippen molar-refractivity contribution in [2.24, 2.45) is 0 Å². The van der Waals surface area contributed by atoms with Gasteiger partial charge in [0, 0.05) is 36.4 Å². The summed E-state index contributed by atoms with van der Waals surface area (Å²) in [6.45, 7) is 0.0508. The van der Waals surface area contributed by atoms with Gasteiger partial charge in [-0.15, -0.1) is 0 Å². The van der Waals surface area contributed by atoms with Crippen molar-refractivity contribution in [2.75, 3.05) is 23.7 Å². The van der Waals surface area contributed by atoms with E-state index >= 15 is 0 Å². The zero-order valence-electron chi connectivity index (χ0n) is 20.7. The Kier molecular flexibility index (Phi) is 7.20. The molecule has 1 heterocycles. The number of hydrogen-bond acceptors (Lipinski definition) is 5. The highest BCUT2D eigenvalue weighted by molar-refractivity contribution is 7.80. The van der Waals surface area contributed by atoms with Crippen molar-refractivity contribution in [2.45, 2.75) is 31.7 Å². The van der Waals surface area contributed by atoms with Gasteiger partial charge in [0.15, 0.2) is 0 Å². The number of halogens is 1. The summed E-state index contributed by atoms with van der Waals surface area (Å²) in [5.41, 5.74) is 10.7. The van der Waals surface area contributed by atoms with Crippen LogP contribution >= 0.6 is 0 Å². The molecular weight excluding hydrogens is 509 g/mol. The van der Waals surface area contributed by atoms with E-state index in [-0.39, 0.29) is 25.0 Å². The van der Waals surface area contributed by atoms with Crippen LogP contribution in [0.15, 0.2) is 59.0 Å². The number of amides is 1. The molecule has 1 aliphatic carbocycles. The molecule has 198 valence electrons. The monoisotopic (exact) mass is 537 g/mol. The highest BCUT2D eigenvalue weighted by Crippen LogP contribution is 2.48. The van der Waals surface area contributed by atoms with Crippen LogP contribution in [0.5, 0.6) is 0 Å². The molecule has 5 N–H and O–H groups in total. The molecule has 10 heteroatoms. The SMILES string of the molecule is CNC(=O)c1c(-c2ccc(F)cc2)oc2cc(N(Cc3ccc(N)c(CCO)c3)S(=O)O)c(C3CC3)cc12. The Morgan fingerprint density at radius 1 is 1.18 bits per heavy atom. The minimum atomic E-state index is -2.37. The summed E-state index contributed by atoms with van der Waals surface area (Å²) >= 11 is -2.37. The first-order chi connectivity index (χ1) is 18.3. The molecule has 0 bridgehead atoms. The summed E-state index contributed by atoms with van der Waals surface area (Å²) in [6.07, 6.45) is 2.22. The zero-order chi connectivity index (χ0) is 27.0.